The minimum atomic E-state index is -3.68. The molecule has 0 aliphatic carbocycles. The normalized spacial score (nSPS) is 13.4. The van der Waals surface area contributed by atoms with Gasteiger partial charge in [-0.3, -0.25) is 9.10 Å². The van der Waals surface area contributed by atoms with Gasteiger partial charge in [0.05, 0.1) is 24.6 Å². The first kappa shape index (κ1) is 23.7. The molecule has 0 unspecified atom stereocenters. The third-order valence-electron chi connectivity index (χ3n) is 5.02. The maximum Gasteiger partial charge on any atom is 0.244 e. The summed E-state index contributed by atoms with van der Waals surface area (Å²) in [5.74, 6) is 0.300. The fraction of sp³-hybridized carbons (Fsp3) is 0.435. The van der Waals surface area contributed by atoms with E-state index in [0.717, 1.165) is 27.3 Å². The third-order valence-corrected chi connectivity index (χ3v) is 6.26. The Morgan fingerprint density at radius 1 is 1.10 bits per heavy atom. The van der Waals surface area contributed by atoms with Crippen LogP contribution in [-0.2, 0) is 14.8 Å². The quantitative estimate of drug-likeness (QED) is 0.647. The molecule has 2 aromatic carbocycles. The van der Waals surface area contributed by atoms with Crippen LogP contribution in [0.1, 0.15) is 49.9 Å². The van der Waals surface area contributed by atoms with Gasteiger partial charge in [0.2, 0.25) is 15.9 Å². The smallest absolute Gasteiger partial charge is 0.244 e. The van der Waals surface area contributed by atoms with Crippen LogP contribution in [0, 0.1) is 13.8 Å². The number of nitrogens with zero attached hydrogens (tertiary/aromatic N) is 1. The van der Waals surface area contributed by atoms with Crippen molar-refractivity contribution in [2.45, 2.75) is 53.1 Å². The topological polar surface area (TPSA) is 75.7 Å². The molecule has 0 saturated carbocycles. The summed E-state index contributed by atoms with van der Waals surface area (Å²) in [6.07, 6.45) is 1.80. The Hall–Kier alpha value is -2.54. The highest BCUT2D eigenvalue weighted by atomic mass is 32.2. The molecule has 164 valence electrons. The fourth-order valence-corrected chi connectivity index (χ4v) is 4.75. The summed E-state index contributed by atoms with van der Waals surface area (Å²) in [6, 6.07) is 11.7. The molecule has 30 heavy (non-hydrogen) atoms. The van der Waals surface area contributed by atoms with Gasteiger partial charge in [0.25, 0.3) is 0 Å². The summed E-state index contributed by atoms with van der Waals surface area (Å²) in [6.45, 7) is 10.0. The van der Waals surface area contributed by atoms with Crippen molar-refractivity contribution in [1.29, 1.82) is 0 Å². The van der Waals surface area contributed by atoms with Gasteiger partial charge < -0.3 is 10.1 Å². The molecule has 2 rings (SSSR count). The zero-order valence-corrected chi connectivity index (χ0v) is 19.4. The van der Waals surface area contributed by atoms with Crippen molar-refractivity contribution in [3.63, 3.8) is 0 Å². The van der Waals surface area contributed by atoms with Gasteiger partial charge in [-0.1, -0.05) is 30.7 Å². The van der Waals surface area contributed by atoms with E-state index < -0.39 is 16.1 Å². The summed E-state index contributed by atoms with van der Waals surface area (Å²) in [4.78, 5) is 13.1. The molecule has 7 heteroatoms. The van der Waals surface area contributed by atoms with Crippen LogP contribution < -0.4 is 14.4 Å². The lowest BCUT2D eigenvalue weighted by atomic mass is 9.97. The number of hydrogen-bond donors (Lipinski definition) is 1. The average molecular weight is 433 g/mol. The maximum atomic E-state index is 13.1. The van der Waals surface area contributed by atoms with Crippen molar-refractivity contribution in [2.24, 2.45) is 0 Å². The Morgan fingerprint density at radius 2 is 1.73 bits per heavy atom. The molecular weight excluding hydrogens is 400 g/mol. The van der Waals surface area contributed by atoms with Crippen LogP contribution in [0.3, 0.4) is 0 Å². The summed E-state index contributed by atoms with van der Waals surface area (Å²) in [5, 5.41) is 3.03. The largest absolute Gasteiger partial charge is 0.494 e. The van der Waals surface area contributed by atoms with Gasteiger partial charge in [-0.25, -0.2) is 8.42 Å². The third kappa shape index (κ3) is 5.75. The van der Waals surface area contributed by atoms with Crippen LogP contribution >= 0.6 is 0 Å². The van der Waals surface area contributed by atoms with Crippen LogP contribution in [0.2, 0.25) is 0 Å². The van der Waals surface area contributed by atoms with E-state index >= 15 is 0 Å². The number of aryl methyl sites for hydroxylation is 2. The molecule has 0 aliphatic rings. The van der Waals surface area contributed by atoms with Crippen molar-refractivity contribution < 1.29 is 17.9 Å². The molecule has 0 radical (unpaired) electrons. The van der Waals surface area contributed by atoms with Gasteiger partial charge in [0.15, 0.2) is 0 Å². The average Bonchev–Trinajstić information content (AvgIpc) is 2.67. The van der Waals surface area contributed by atoms with E-state index in [0.29, 0.717) is 24.5 Å². The lowest BCUT2D eigenvalue weighted by Crippen LogP contribution is -2.48. The van der Waals surface area contributed by atoms with Crippen molar-refractivity contribution in [3.05, 3.63) is 59.2 Å². The highest BCUT2D eigenvalue weighted by molar-refractivity contribution is 7.92. The molecule has 0 aliphatic heterocycles. The van der Waals surface area contributed by atoms with Crippen LogP contribution in [0.15, 0.2) is 42.5 Å². The molecule has 1 amide bonds. The second-order valence-electron chi connectivity index (χ2n) is 7.49. The Labute approximate surface area is 180 Å². The monoisotopic (exact) mass is 432 g/mol. The van der Waals surface area contributed by atoms with Crippen molar-refractivity contribution >= 4 is 21.6 Å². The van der Waals surface area contributed by atoms with Gasteiger partial charge in [-0.05, 0) is 69.5 Å². The van der Waals surface area contributed by atoms with Crippen LogP contribution in [0.25, 0.3) is 0 Å². The molecule has 0 heterocycles. The first-order valence-corrected chi connectivity index (χ1v) is 12.0. The number of sulfonamides is 1. The molecule has 2 atom stereocenters. The standard InChI is InChI=1S/C23H32N2O4S/c1-7-22(21-14-9-16(3)15-17(21)4)24-23(26)18(5)25(30(6,27)28)19-10-12-20(13-11-19)29-8-2/h9-15,18,22H,7-8H2,1-6H3,(H,24,26)/t18-,22+/m0/s1. The first-order chi connectivity index (χ1) is 14.1. The predicted octanol–water partition coefficient (Wildman–Crippen LogP) is 4.12. The number of carbonyl (C=O) groups is 1. The van der Waals surface area contributed by atoms with E-state index in [-0.39, 0.29) is 11.9 Å². The first-order valence-electron chi connectivity index (χ1n) is 10.2. The van der Waals surface area contributed by atoms with E-state index in [1.165, 1.54) is 0 Å². The van der Waals surface area contributed by atoms with Gasteiger partial charge in [-0.15, -0.1) is 0 Å². The highest BCUT2D eigenvalue weighted by Gasteiger charge is 2.30. The highest BCUT2D eigenvalue weighted by Crippen LogP contribution is 2.26. The number of nitrogens with one attached hydrogen (secondary N) is 1. The lowest BCUT2D eigenvalue weighted by Gasteiger charge is -2.30. The summed E-state index contributed by atoms with van der Waals surface area (Å²) >= 11 is 0. The Kier molecular flexibility index (Phi) is 7.89. The minimum Gasteiger partial charge on any atom is -0.494 e. The molecule has 0 saturated heterocycles. The van der Waals surface area contributed by atoms with Crippen LogP contribution in [0.4, 0.5) is 5.69 Å². The number of carbonyl (C=O) groups excluding carboxylic acids is 1. The maximum absolute atomic E-state index is 13.1. The summed E-state index contributed by atoms with van der Waals surface area (Å²) < 4.78 is 31.6. The van der Waals surface area contributed by atoms with E-state index in [2.05, 4.69) is 11.4 Å². The number of rotatable bonds is 9. The predicted molar refractivity (Wildman–Crippen MR) is 121 cm³/mol. The molecule has 2 aromatic rings. The molecule has 0 aromatic heterocycles. The number of anilines is 1. The second kappa shape index (κ2) is 9.98. The van der Waals surface area contributed by atoms with Gasteiger partial charge in [-0.2, -0.15) is 0 Å². The molecule has 1 N–H and O–H groups in total. The summed E-state index contributed by atoms with van der Waals surface area (Å²) in [7, 11) is -3.68. The van der Waals surface area contributed by atoms with E-state index in [9.17, 15) is 13.2 Å². The lowest BCUT2D eigenvalue weighted by molar-refractivity contribution is -0.122. The van der Waals surface area contributed by atoms with Gasteiger partial charge in [0.1, 0.15) is 11.8 Å². The Bertz CT molecular complexity index is 971. The number of hydrogen-bond acceptors (Lipinski definition) is 4. The zero-order chi connectivity index (χ0) is 22.5. The minimum absolute atomic E-state index is 0.192. The van der Waals surface area contributed by atoms with Crippen molar-refractivity contribution in [3.8, 4) is 5.75 Å². The van der Waals surface area contributed by atoms with E-state index in [1.807, 2.05) is 39.8 Å². The molecule has 0 fully saturated rings. The summed E-state index contributed by atoms with van der Waals surface area (Å²) in [5.41, 5.74) is 3.71. The number of ether oxygens (including phenoxy) is 1. The van der Waals surface area contributed by atoms with Crippen molar-refractivity contribution in [2.75, 3.05) is 17.2 Å². The van der Waals surface area contributed by atoms with Gasteiger partial charge >= 0.3 is 0 Å². The number of amides is 1. The van der Waals surface area contributed by atoms with Crippen LogP contribution in [-0.4, -0.2) is 33.2 Å². The van der Waals surface area contributed by atoms with E-state index in [4.69, 9.17) is 4.74 Å². The molecule has 6 nitrogen and oxygen atoms in total. The zero-order valence-electron chi connectivity index (χ0n) is 18.6. The van der Waals surface area contributed by atoms with Crippen molar-refractivity contribution in [1.82, 2.24) is 5.32 Å². The molecular formula is C23H32N2O4S. The van der Waals surface area contributed by atoms with Crippen LogP contribution in [0.5, 0.6) is 5.75 Å². The molecule has 0 bridgehead atoms. The molecule has 0 spiro atoms. The Balaban J connectivity index is 2.28. The number of benzene rings is 2. The fourth-order valence-electron chi connectivity index (χ4n) is 3.57. The Morgan fingerprint density at radius 3 is 2.23 bits per heavy atom. The SMILES string of the molecule is CCOc1ccc(N([C@@H](C)C(=O)N[C@H](CC)c2ccc(C)cc2C)S(C)(=O)=O)cc1. The second-order valence-corrected chi connectivity index (χ2v) is 9.35. The van der Waals surface area contributed by atoms with E-state index in [1.54, 1.807) is 31.2 Å². The van der Waals surface area contributed by atoms with Gasteiger partial charge in [0, 0.05) is 0 Å².